The maximum absolute atomic E-state index is 13.2. The standard InChI is InChI=1S/C19H20FN3O/c20-14-3-1-4-15(11-14)21-19(24)22-16-7-6-13-8-10-23-9-2-5-18(23)17(13)12-16/h1,3-4,6-7,11-12,18H,2,5,8-10H2,(H2,21,22,24). The molecule has 1 saturated heterocycles. The first kappa shape index (κ1) is 15.1. The van der Waals surface area contributed by atoms with Gasteiger partial charge in [-0.05, 0) is 67.3 Å². The van der Waals surface area contributed by atoms with Crippen LogP contribution in [-0.4, -0.2) is 24.0 Å². The molecule has 2 aromatic rings. The molecule has 2 amide bonds. The smallest absolute Gasteiger partial charge is 0.308 e. The fraction of sp³-hybridized carbons (Fsp3) is 0.316. The summed E-state index contributed by atoms with van der Waals surface area (Å²) >= 11 is 0. The largest absolute Gasteiger partial charge is 0.323 e. The number of halogens is 1. The highest BCUT2D eigenvalue weighted by atomic mass is 19.1. The topological polar surface area (TPSA) is 44.4 Å². The van der Waals surface area contributed by atoms with Gasteiger partial charge >= 0.3 is 6.03 Å². The van der Waals surface area contributed by atoms with Crippen molar-refractivity contribution < 1.29 is 9.18 Å². The van der Waals surface area contributed by atoms with Crippen molar-refractivity contribution in [2.45, 2.75) is 25.3 Å². The minimum absolute atomic E-state index is 0.361. The third-order valence-corrected chi connectivity index (χ3v) is 4.88. The molecule has 4 nitrogen and oxygen atoms in total. The van der Waals surface area contributed by atoms with Crippen LogP contribution in [0.5, 0.6) is 0 Å². The van der Waals surface area contributed by atoms with Crippen molar-refractivity contribution in [1.82, 2.24) is 4.90 Å². The van der Waals surface area contributed by atoms with Gasteiger partial charge in [0.15, 0.2) is 0 Å². The number of nitrogens with one attached hydrogen (secondary N) is 2. The minimum atomic E-state index is -0.372. The maximum Gasteiger partial charge on any atom is 0.323 e. The first-order valence-electron chi connectivity index (χ1n) is 8.39. The zero-order valence-electron chi connectivity index (χ0n) is 13.4. The molecular formula is C19H20FN3O. The fourth-order valence-corrected chi connectivity index (χ4v) is 3.78. The van der Waals surface area contributed by atoms with Crippen LogP contribution in [0.15, 0.2) is 42.5 Å². The summed E-state index contributed by atoms with van der Waals surface area (Å²) < 4.78 is 13.2. The maximum atomic E-state index is 13.2. The Bertz CT molecular complexity index is 777. The summed E-state index contributed by atoms with van der Waals surface area (Å²) in [7, 11) is 0. The van der Waals surface area contributed by atoms with E-state index >= 15 is 0 Å². The Labute approximate surface area is 140 Å². The molecule has 2 aromatic carbocycles. The summed E-state index contributed by atoms with van der Waals surface area (Å²) in [6, 6.07) is 12.1. The zero-order chi connectivity index (χ0) is 16.5. The van der Waals surface area contributed by atoms with E-state index in [-0.39, 0.29) is 11.8 Å². The Morgan fingerprint density at radius 1 is 1.08 bits per heavy atom. The Hall–Kier alpha value is -2.40. The highest BCUT2D eigenvalue weighted by Gasteiger charge is 2.31. The van der Waals surface area contributed by atoms with Crippen molar-refractivity contribution in [3.63, 3.8) is 0 Å². The average molecular weight is 325 g/mol. The number of rotatable bonds is 2. The highest BCUT2D eigenvalue weighted by Crippen LogP contribution is 2.38. The molecule has 124 valence electrons. The van der Waals surface area contributed by atoms with Gasteiger partial charge in [0.1, 0.15) is 5.82 Å². The second-order valence-electron chi connectivity index (χ2n) is 6.45. The molecule has 0 saturated carbocycles. The van der Waals surface area contributed by atoms with E-state index in [1.165, 1.54) is 42.6 Å². The highest BCUT2D eigenvalue weighted by molar-refractivity contribution is 5.99. The van der Waals surface area contributed by atoms with E-state index in [9.17, 15) is 9.18 Å². The van der Waals surface area contributed by atoms with Crippen LogP contribution in [0.4, 0.5) is 20.6 Å². The summed E-state index contributed by atoms with van der Waals surface area (Å²) in [6.45, 7) is 2.30. The van der Waals surface area contributed by atoms with Crippen molar-refractivity contribution >= 4 is 17.4 Å². The van der Waals surface area contributed by atoms with Gasteiger partial charge in [-0.25, -0.2) is 9.18 Å². The van der Waals surface area contributed by atoms with Crippen molar-refractivity contribution in [3.8, 4) is 0 Å². The van der Waals surface area contributed by atoms with Gasteiger partial charge in [-0.1, -0.05) is 12.1 Å². The molecule has 5 heteroatoms. The number of hydrogen-bond donors (Lipinski definition) is 2. The molecule has 2 aliphatic heterocycles. The third kappa shape index (κ3) is 2.99. The summed E-state index contributed by atoms with van der Waals surface area (Å²) in [6.07, 6.45) is 3.50. The molecule has 2 aliphatic rings. The molecule has 0 aromatic heterocycles. The molecule has 2 N–H and O–H groups in total. The average Bonchev–Trinajstić information content (AvgIpc) is 3.04. The number of anilines is 2. The normalized spacial score (nSPS) is 19.5. The van der Waals surface area contributed by atoms with Gasteiger partial charge in [0.25, 0.3) is 0 Å². The van der Waals surface area contributed by atoms with Gasteiger partial charge in [0.05, 0.1) is 0 Å². The molecule has 0 bridgehead atoms. The first-order chi connectivity index (χ1) is 11.7. The van der Waals surface area contributed by atoms with Gasteiger partial charge in [-0.2, -0.15) is 0 Å². The molecule has 0 spiro atoms. The van der Waals surface area contributed by atoms with Gasteiger partial charge in [0, 0.05) is 24.0 Å². The van der Waals surface area contributed by atoms with E-state index in [0.29, 0.717) is 11.7 Å². The van der Waals surface area contributed by atoms with Crippen LogP contribution in [0.3, 0.4) is 0 Å². The van der Waals surface area contributed by atoms with Crippen LogP contribution < -0.4 is 10.6 Å². The number of urea groups is 1. The molecule has 24 heavy (non-hydrogen) atoms. The summed E-state index contributed by atoms with van der Waals surface area (Å²) in [5, 5.41) is 5.51. The van der Waals surface area contributed by atoms with Gasteiger partial charge in [0.2, 0.25) is 0 Å². The fourth-order valence-electron chi connectivity index (χ4n) is 3.78. The lowest BCUT2D eigenvalue weighted by Gasteiger charge is -2.32. The van der Waals surface area contributed by atoms with E-state index < -0.39 is 0 Å². The Kier molecular flexibility index (Phi) is 3.94. The van der Waals surface area contributed by atoms with Crippen LogP contribution in [0.1, 0.15) is 30.0 Å². The molecular weight excluding hydrogens is 305 g/mol. The monoisotopic (exact) mass is 325 g/mol. The lowest BCUT2D eigenvalue weighted by molar-refractivity contribution is 0.244. The molecule has 1 unspecified atom stereocenters. The quantitative estimate of drug-likeness (QED) is 0.870. The second kappa shape index (κ2) is 6.24. The van der Waals surface area contributed by atoms with Crippen LogP contribution in [0.25, 0.3) is 0 Å². The Morgan fingerprint density at radius 3 is 2.75 bits per heavy atom. The van der Waals surface area contributed by atoms with E-state index in [4.69, 9.17) is 0 Å². The second-order valence-corrected chi connectivity index (χ2v) is 6.45. The van der Waals surface area contributed by atoms with Crippen LogP contribution in [0, 0.1) is 5.82 Å². The van der Waals surface area contributed by atoms with Crippen molar-refractivity contribution in [2.24, 2.45) is 0 Å². The van der Waals surface area contributed by atoms with Gasteiger partial charge in [-0.3, -0.25) is 4.90 Å². The van der Waals surface area contributed by atoms with Crippen molar-refractivity contribution in [1.29, 1.82) is 0 Å². The van der Waals surface area contributed by atoms with Crippen molar-refractivity contribution in [3.05, 3.63) is 59.4 Å². The number of fused-ring (bicyclic) bond motifs is 3. The van der Waals surface area contributed by atoms with Crippen LogP contribution >= 0.6 is 0 Å². The van der Waals surface area contributed by atoms with E-state index in [2.05, 4.69) is 27.7 Å². The van der Waals surface area contributed by atoms with Gasteiger partial charge < -0.3 is 10.6 Å². The van der Waals surface area contributed by atoms with E-state index in [1.54, 1.807) is 12.1 Å². The predicted molar refractivity (Wildman–Crippen MR) is 92.7 cm³/mol. The lowest BCUT2D eigenvalue weighted by atomic mass is 9.92. The Balaban J connectivity index is 1.49. The SMILES string of the molecule is O=C(Nc1cccc(F)c1)Nc1ccc2c(c1)C1CCCN1CC2. The third-order valence-electron chi connectivity index (χ3n) is 4.88. The predicted octanol–water partition coefficient (Wildman–Crippen LogP) is 4.16. The number of amides is 2. The van der Waals surface area contributed by atoms with Crippen molar-refractivity contribution in [2.75, 3.05) is 23.7 Å². The van der Waals surface area contributed by atoms with Gasteiger partial charge in [-0.15, -0.1) is 0 Å². The van der Waals surface area contributed by atoms with E-state index in [1.807, 2.05) is 6.07 Å². The molecule has 4 rings (SSSR count). The first-order valence-corrected chi connectivity index (χ1v) is 8.39. The number of nitrogens with zero attached hydrogens (tertiary/aromatic N) is 1. The van der Waals surface area contributed by atoms with Crippen LogP contribution in [-0.2, 0) is 6.42 Å². The number of benzene rings is 2. The zero-order valence-corrected chi connectivity index (χ0v) is 13.4. The van der Waals surface area contributed by atoms with E-state index in [0.717, 1.165) is 18.7 Å². The lowest BCUT2D eigenvalue weighted by Crippen LogP contribution is -2.31. The minimum Gasteiger partial charge on any atom is -0.308 e. The summed E-state index contributed by atoms with van der Waals surface area (Å²) in [4.78, 5) is 14.7. The number of carbonyl (C=O) groups is 1. The number of carbonyl (C=O) groups excluding carboxylic acids is 1. The summed E-state index contributed by atoms with van der Waals surface area (Å²) in [5.41, 5.74) is 3.93. The number of hydrogen-bond acceptors (Lipinski definition) is 2. The molecule has 0 radical (unpaired) electrons. The molecule has 1 atom stereocenters. The molecule has 1 fully saturated rings. The molecule has 2 heterocycles. The Morgan fingerprint density at radius 2 is 1.92 bits per heavy atom. The van der Waals surface area contributed by atoms with Crippen LogP contribution in [0.2, 0.25) is 0 Å². The summed E-state index contributed by atoms with van der Waals surface area (Å²) in [5.74, 6) is -0.372. The molecule has 0 aliphatic carbocycles.